The van der Waals surface area contributed by atoms with Gasteiger partial charge >= 0.3 is 12.2 Å². The number of ether oxygens (including phenoxy) is 2. The van der Waals surface area contributed by atoms with Crippen LogP contribution in [0.4, 0.5) is 35.4 Å². The number of likely N-dealkylation sites (tertiary alicyclic amines) is 5. The average Bonchev–Trinajstić information content (AvgIpc) is 1.91. The van der Waals surface area contributed by atoms with E-state index in [-0.39, 0.29) is 51.9 Å². The molecule has 1 saturated carbocycles. The van der Waals surface area contributed by atoms with E-state index in [4.69, 9.17) is 9.47 Å². The fraction of sp³-hybridized carbons (Fsp3) is 0.574. The van der Waals surface area contributed by atoms with E-state index in [1.807, 2.05) is 47.1 Å². The molecule has 1 aliphatic carbocycles. The molecule has 8 heterocycles. The summed E-state index contributed by atoms with van der Waals surface area (Å²) in [7, 11) is 1.42. The number of methoxy groups -OCH3 is 1. The maximum Gasteiger partial charge on any atom is 0.409 e. The third-order valence-electron chi connectivity index (χ3n) is 21.1. The van der Waals surface area contributed by atoms with Crippen LogP contribution in [0.5, 0.6) is 0 Å². The van der Waals surface area contributed by atoms with Gasteiger partial charge in [-0.3, -0.25) is 9.59 Å². The normalized spacial score (nSPS) is 22.1. The summed E-state index contributed by atoms with van der Waals surface area (Å²) in [6, 6.07) is 28.2. The van der Waals surface area contributed by atoms with E-state index in [2.05, 4.69) is 44.3 Å². The van der Waals surface area contributed by atoms with Crippen LogP contribution < -0.4 is 15.1 Å². The molecular weight excluding hydrogens is 1080 g/mol. The van der Waals surface area contributed by atoms with Crippen LogP contribution >= 0.6 is 0 Å². The first-order valence-corrected chi connectivity index (χ1v) is 31.7. The Bertz CT molecular complexity index is 3100. The highest BCUT2D eigenvalue weighted by Gasteiger charge is 2.49. The van der Waals surface area contributed by atoms with Crippen molar-refractivity contribution in [3.63, 3.8) is 0 Å². The number of hydrogen-bond acceptors (Lipinski definition) is 11. The van der Waals surface area contributed by atoms with Crippen molar-refractivity contribution in [1.82, 2.24) is 24.5 Å². The van der Waals surface area contributed by atoms with E-state index in [1.165, 1.54) is 82.3 Å². The zero-order valence-corrected chi connectivity index (χ0v) is 50.5. The van der Waals surface area contributed by atoms with E-state index in [1.54, 1.807) is 47.9 Å². The van der Waals surface area contributed by atoms with Gasteiger partial charge in [0.15, 0.2) is 0 Å². The molecule has 4 aromatic rings. The van der Waals surface area contributed by atoms with Gasteiger partial charge in [0.05, 0.1) is 25.3 Å². The van der Waals surface area contributed by atoms with E-state index < -0.39 is 0 Å². The third-order valence-corrected chi connectivity index (χ3v) is 21.1. The lowest BCUT2D eigenvalue weighted by molar-refractivity contribution is -0.117. The first-order chi connectivity index (χ1) is 41.1. The number of hydrogen-bond donors (Lipinski definition) is 1. The van der Waals surface area contributed by atoms with Crippen LogP contribution in [0, 0.1) is 23.0 Å². The van der Waals surface area contributed by atoms with Gasteiger partial charge in [0.1, 0.15) is 11.6 Å². The molecule has 5 saturated heterocycles. The number of anilines is 3. The Morgan fingerprint density at radius 2 is 1.04 bits per heavy atom. The molecule has 15 nitrogen and oxygen atoms in total. The number of carbonyl (C=O) groups excluding carboxylic acids is 4. The number of nitriles is 1. The maximum absolute atomic E-state index is 14.0. The smallest absolute Gasteiger partial charge is 0.409 e. The van der Waals surface area contributed by atoms with Gasteiger partial charge in [0.25, 0.3) is 0 Å². The van der Waals surface area contributed by atoms with Gasteiger partial charge in [-0.25, -0.2) is 18.4 Å². The highest BCUT2D eigenvalue weighted by atomic mass is 19.1. The maximum atomic E-state index is 14.0. The van der Waals surface area contributed by atoms with Crippen LogP contribution in [0.2, 0.25) is 0 Å². The minimum absolute atomic E-state index is 0.0161. The van der Waals surface area contributed by atoms with Crippen molar-refractivity contribution in [2.24, 2.45) is 0 Å². The summed E-state index contributed by atoms with van der Waals surface area (Å²) in [6.07, 6.45) is 16.6. The van der Waals surface area contributed by atoms with Crippen LogP contribution in [0.1, 0.15) is 139 Å². The lowest BCUT2D eigenvalue weighted by atomic mass is 9.73. The second-order valence-electron chi connectivity index (χ2n) is 25.7. The molecule has 0 radical (unpaired) electrons. The summed E-state index contributed by atoms with van der Waals surface area (Å²) in [5.74, 6) is -0.226. The molecule has 4 aromatic carbocycles. The van der Waals surface area contributed by atoms with Gasteiger partial charge in [-0.1, -0.05) is 37.5 Å². The fourth-order valence-corrected chi connectivity index (χ4v) is 16.2. The molecule has 9 aliphatic rings. The minimum Gasteiger partial charge on any atom is -0.453 e. The monoisotopic (exact) mass is 1160 g/mol. The summed E-state index contributed by atoms with van der Waals surface area (Å²) in [5.41, 5.74) is 9.28. The van der Waals surface area contributed by atoms with Crippen LogP contribution in [0.3, 0.4) is 0 Å². The molecule has 6 fully saturated rings. The fourth-order valence-electron chi connectivity index (χ4n) is 16.2. The van der Waals surface area contributed by atoms with Crippen molar-refractivity contribution >= 4 is 41.1 Å². The zero-order chi connectivity index (χ0) is 59.5. The molecule has 85 heavy (non-hydrogen) atoms. The first kappa shape index (κ1) is 60.1. The van der Waals surface area contributed by atoms with Crippen molar-refractivity contribution in [3.05, 3.63) is 113 Å². The van der Waals surface area contributed by atoms with Gasteiger partial charge in [0, 0.05) is 111 Å². The lowest BCUT2D eigenvalue weighted by Crippen LogP contribution is -2.52. The van der Waals surface area contributed by atoms with Gasteiger partial charge in [0.2, 0.25) is 11.8 Å². The molecule has 0 bridgehead atoms. The number of nitrogens with zero attached hydrogens (tertiary/aromatic N) is 8. The standard InChI is InChI=1S/C29H34N4O3.C21H28FN3O3.C18H25FN2/c1-3-36-28(35)32-13-9-25(10-14-32)31-15-11-29(12-16-31)20-33(21(2)34)27-8-7-24(18-26(27)29)23-6-4-5-22(17-23)19-30;1-15(26)25-14-21(18-13-16(22)3-4-19(18)25)7-11-23(12-8-21)17-5-9-24(10-6-17)20(27)28-2;19-14-6-7-17-16(12-14)18(13-20-17)8-10-21(11-9-18)15-4-2-1-3-5-15/h4-8,17-18,25H,3,9-16,20H2,1-2H3;3-4,13,17H,5-12,14H2,1-2H3;6-7,12,15,20H,1-5,8-11,13H2. The summed E-state index contributed by atoms with van der Waals surface area (Å²) in [4.78, 5) is 63.6. The predicted molar refractivity (Wildman–Crippen MR) is 327 cm³/mol. The molecule has 13 rings (SSSR count). The summed E-state index contributed by atoms with van der Waals surface area (Å²) in [6.45, 7) is 17.0. The van der Waals surface area contributed by atoms with Crippen LogP contribution in [-0.4, -0.2) is 165 Å². The largest absolute Gasteiger partial charge is 0.453 e. The molecular formula is C68H87F2N9O6. The molecule has 0 atom stereocenters. The Hall–Kier alpha value is -6.61. The minimum atomic E-state index is -0.245. The van der Waals surface area contributed by atoms with Crippen molar-refractivity contribution in [2.45, 2.75) is 151 Å². The van der Waals surface area contributed by atoms with Crippen molar-refractivity contribution in [1.29, 1.82) is 5.26 Å². The Kier molecular flexibility index (Phi) is 18.2. The van der Waals surface area contributed by atoms with Crippen LogP contribution in [-0.2, 0) is 35.3 Å². The Balaban J connectivity index is 0.000000137. The topological polar surface area (TPSA) is 145 Å². The molecule has 8 aliphatic heterocycles. The zero-order valence-electron chi connectivity index (χ0n) is 50.5. The van der Waals surface area contributed by atoms with Crippen molar-refractivity contribution in [3.8, 4) is 17.2 Å². The van der Waals surface area contributed by atoms with Gasteiger partial charge < -0.3 is 49.1 Å². The number of carbonyl (C=O) groups is 4. The van der Waals surface area contributed by atoms with Crippen LogP contribution in [0.15, 0.2) is 78.9 Å². The lowest BCUT2D eigenvalue weighted by Gasteiger charge is -2.45. The number of nitrogens with one attached hydrogen (secondary N) is 1. The number of piperidine rings is 5. The van der Waals surface area contributed by atoms with E-state index in [0.717, 1.165) is 157 Å². The Labute approximate surface area is 501 Å². The molecule has 1 N–H and O–H groups in total. The number of halogens is 2. The number of rotatable bonds is 5. The Morgan fingerprint density at radius 3 is 1.55 bits per heavy atom. The summed E-state index contributed by atoms with van der Waals surface area (Å²) >= 11 is 0. The molecule has 4 amide bonds. The first-order valence-electron chi connectivity index (χ1n) is 31.7. The van der Waals surface area contributed by atoms with E-state index in [0.29, 0.717) is 30.8 Å². The van der Waals surface area contributed by atoms with E-state index in [9.17, 15) is 33.2 Å². The molecule has 3 spiro atoms. The molecule has 0 unspecified atom stereocenters. The van der Waals surface area contributed by atoms with Crippen molar-refractivity contribution in [2.75, 3.05) is 114 Å². The highest BCUT2D eigenvalue weighted by Crippen LogP contribution is 2.51. The number of fused-ring (bicyclic) bond motifs is 6. The highest BCUT2D eigenvalue weighted by molar-refractivity contribution is 5.96. The molecule has 454 valence electrons. The second kappa shape index (κ2) is 25.8. The molecule has 17 heteroatoms. The number of amides is 4. The van der Waals surface area contributed by atoms with E-state index >= 15 is 0 Å². The SMILES string of the molecule is CCOC(=O)N1CCC(N2CCC3(CC2)CN(C(C)=O)c2ccc(-c4cccc(C#N)c4)cc23)CC1.COC(=O)N1CCC(N2CCC3(CC2)CN(C(C)=O)c2ccc(F)cc23)CC1.Fc1ccc2c(c1)C1(CCN(C3CCCCC3)CC1)CN2. The van der Waals surface area contributed by atoms with Gasteiger partial charge in [-0.2, -0.15) is 5.26 Å². The average molecular weight is 1160 g/mol. The quantitative estimate of drug-likeness (QED) is 0.204. The third kappa shape index (κ3) is 12.5. The van der Waals surface area contributed by atoms with Crippen molar-refractivity contribution < 1.29 is 37.4 Å². The second-order valence-corrected chi connectivity index (χ2v) is 25.7. The van der Waals surface area contributed by atoms with Gasteiger partial charge in [-0.15, -0.1) is 0 Å². The number of benzene rings is 4. The summed E-state index contributed by atoms with van der Waals surface area (Å²) in [5, 5.41) is 12.8. The molecule has 0 aromatic heterocycles. The predicted octanol–water partition coefficient (Wildman–Crippen LogP) is 11.2. The van der Waals surface area contributed by atoms with Gasteiger partial charge in [-0.05, 0) is 212 Å². The Morgan fingerprint density at radius 1 is 0.565 bits per heavy atom. The summed E-state index contributed by atoms with van der Waals surface area (Å²) < 4.78 is 37.6. The van der Waals surface area contributed by atoms with Crippen LogP contribution in [0.25, 0.3) is 11.1 Å².